The SMILES string of the molecule is C=C/C(Cl)=C(\C=C/C)c1csc(N(C)C(=O)CCN2CCOCC2)n1. The lowest BCUT2D eigenvalue weighted by atomic mass is 10.2. The van der Waals surface area contributed by atoms with Crippen molar-refractivity contribution < 1.29 is 9.53 Å². The summed E-state index contributed by atoms with van der Waals surface area (Å²) < 4.78 is 5.32. The molecule has 5 nitrogen and oxygen atoms in total. The monoisotopic (exact) mass is 381 g/mol. The summed E-state index contributed by atoms with van der Waals surface area (Å²) in [4.78, 5) is 20.9. The molecule has 0 bridgehead atoms. The molecule has 1 aromatic heterocycles. The van der Waals surface area contributed by atoms with E-state index < -0.39 is 0 Å². The largest absolute Gasteiger partial charge is 0.379 e. The zero-order valence-corrected chi connectivity index (χ0v) is 16.3. The van der Waals surface area contributed by atoms with E-state index in [0.717, 1.165) is 44.1 Å². The third-order valence-corrected chi connectivity index (χ3v) is 5.22. The first-order valence-corrected chi connectivity index (χ1v) is 9.50. The predicted octanol–water partition coefficient (Wildman–Crippen LogP) is 3.54. The maximum absolute atomic E-state index is 12.4. The highest BCUT2D eigenvalue weighted by atomic mass is 35.5. The molecule has 2 rings (SSSR count). The quantitative estimate of drug-likeness (QED) is 0.678. The van der Waals surface area contributed by atoms with Gasteiger partial charge in [0.05, 0.1) is 18.9 Å². The second-order valence-corrected chi connectivity index (χ2v) is 6.88. The summed E-state index contributed by atoms with van der Waals surface area (Å²) in [6.07, 6.45) is 5.85. The first-order valence-electron chi connectivity index (χ1n) is 8.24. The molecule has 25 heavy (non-hydrogen) atoms. The molecule has 1 aromatic rings. The highest BCUT2D eigenvalue weighted by molar-refractivity contribution is 7.14. The standard InChI is InChI=1S/C18H24ClN3O2S/c1-4-6-14(15(19)5-2)16-13-25-18(20-16)21(3)17(23)7-8-22-9-11-24-12-10-22/h4-6,13H,2,7-12H2,1,3H3/b6-4-,15-14-. The lowest BCUT2D eigenvalue weighted by molar-refractivity contribution is -0.118. The average molecular weight is 382 g/mol. The number of aromatic nitrogens is 1. The van der Waals surface area contributed by atoms with Crippen LogP contribution < -0.4 is 4.90 Å². The fraction of sp³-hybridized carbons (Fsp3) is 0.444. The molecular weight excluding hydrogens is 358 g/mol. The minimum Gasteiger partial charge on any atom is -0.379 e. The van der Waals surface area contributed by atoms with E-state index in [2.05, 4.69) is 16.5 Å². The summed E-state index contributed by atoms with van der Waals surface area (Å²) in [7, 11) is 1.76. The van der Waals surface area contributed by atoms with Crippen molar-refractivity contribution >= 4 is 39.5 Å². The van der Waals surface area contributed by atoms with Gasteiger partial charge in [0.1, 0.15) is 0 Å². The number of amides is 1. The van der Waals surface area contributed by atoms with E-state index in [1.165, 1.54) is 11.3 Å². The Balaban J connectivity index is 2.02. The Morgan fingerprint density at radius 3 is 2.88 bits per heavy atom. The molecule has 1 aliphatic rings. The number of rotatable bonds is 7. The van der Waals surface area contributed by atoms with Crippen molar-refractivity contribution in [1.29, 1.82) is 0 Å². The van der Waals surface area contributed by atoms with Crippen LogP contribution in [-0.2, 0) is 9.53 Å². The number of nitrogens with zero attached hydrogens (tertiary/aromatic N) is 3. The topological polar surface area (TPSA) is 45.7 Å². The Bertz CT molecular complexity index is 663. The molecule has 7 heteroatoms. The average Bonchev–Trinajstić information content (AvgIpc) is 3.13. The first kappa shape index (κ1) is 19.8. The number of carbonyl (C=O) groups is 1. The molecule has 0 saturated carbocycles. The summed E-state index contributed by atoms with van der Waals surface area (Å²) in [6.45, 7) is 9.62. The number of hydrogen-bond donors (Lipinski definition) is 0. The second kappa shape index (κ2) is 9.87. The number of morpholine rings is 1. The van der Waals surface area contributed by atoms with Gasteiger partial charge >= 0.3 is 0 Å². The van der Waals surface area contributed by atoms with E-state index in [9.17, 15) is 4.79 Å². The van der Waals surface area contributed by atoms with Crippen molar-refractivity contribution in [3.05, 3.63) is 40.9 Å². The zero-order chi connectivity index (χ0) is 18.2. The van der Waals surface area contributed by atoms with Crippen LogP contribution >= 0.6 is 22.9 Å². The Morgan fingerprint density at radius 1 is 1.52 bits per heavy atom. The molecule has 1 amide bonds. The van der Waals surface area contributed by atoms with Crippen molar-refractivity contribution in [2.24, 2.45) is 0 Å². The van der Waals surface area contributed by atoms with Gasteiger partial charge in [-0.15, -0.1) is 11.3 Å². The lowest BCUT2D eigenvalue weighted by Gasteiger charge is -2.26. The molecule has 2 heterocycles. The maximum Gasteiger partial charge on any atom is 0.229 e. The first-order chi connectivity index (χ1) is 12.1. The van der Waals surface area contributed by atoms with Crippen molar-refractivity contribution in [2.45, 2.75) is 13.3 Å². The molecule has 0 aromatic carbocycles. The molecule has 0 N–H and O–H groups in total. The van der Waals surface area contributed by atoms with Gasteiger partial charge < -0.3 is 4.74 Å². The van der Waals surface area contributed by atoms with Gasteiger partial charge in [-0.3, -0.25) is 14.6 Å². The van der Waals surface area contributed by atoms with Crippen molar-refractivity contribution in [1.82, 2.24) is 9.88 Å². The van der Waals surface area contributed by atoms with E-state index in [4.69, 9.17) is 16.3 Å². The lowest BCUT2D eigenvalue weighted by Crippen LogP contribution is -2.39. The van der Waals surface area contributed by atoms with Gasteiger partial charge in [0, 0.05) is 49.1 Å². The van der Waals surface area contributed by atoms with E-state index in [-0.39, 0.29) is 5.91 Å². The van der Waals surface area contributed by atoms with Crippen molar-refractivity contribution in [3.63, 3.8) is 0 Å². The summed E-state index contributed by atoms with van der Waals surface area (Å²) in [5.41, 5.74) is 1.55. The Hall–Kier alpha value is -1.47. The minimum absolute atomic E-state index is 0.0544. The number of ether oxygens (including phenoxy) is 1. The van der Waals surface area contributed by atoms with Gasteiger partial charge in [-0.05, 0) is 6.92 Å². The highest BCUT2D eigenvalue weighted by Gasteiger charge is 2.18. The Morgan fingerprint density at radius 2 is 2.24 bits per heavy atom. The fourth-order valence-electron chi connectivity index (χ4n) is 2.46. The summed E-state index contributed by atoms with van der Waals surface area (Å²) in [5, 5.41) is 3.11. The molecule has 0 unspecified atom stereocenters. The highest BCUT2D eigenvalue weighted by Crippen LogP contribution is 2.28. The van der Waals surface area contributed by atoms with E-state index in [0.29, 0.717) is 16.6 Å². The van der Waals surface area contributed by atoms with Crippen LogP contribution in [0.4, 0.5) is 5.13 Å². The number of hydrogen-bond acceptors (Lipinski definition) is 5. The van der Waals surface area contributed by atoms with Gasteiger partial charge in [-0.1, -0.05) is 36.4 Å². The van der Waals surface area contributed by atoms with Gasteiger partial charge in [-0.25, -0.2) is 4.98 Å². The van der Waals surface area contributed by atoms with Crippen LogP contribution in [0.1, 0.15) is 19.0 Å². The number of allylic oxidation sites excluding steroid dienone is 5. The number of anilines is 1. The van der Waals surface area contributed by atoms with E-state index >= 15 is 0 Å². The maximum atomic E-state index is 12.4. The zero-order valence-electron chi connectivity index (χ0n) is 14.7. The van der Waals surface area contributed by atoms with Crippen LogP contribution in [-0.4, -0.2) is 55.7 Å². The third kappa shape index (κ3) is 5.51. The summed E-state index contributed by atoms with van der Waals surface area (Å²) in [5.74, 6) is 0.0544. The van der Waals surface area contributed by atoms with E-state index in [1.807, 2.05) is 24.5 Å². The van der Waals surface area contributed by atoms with Crippen LogP contribution in [0, 0.1) is 0 Å². The van der Waals surface area contributed by atoms with Gasteiger partial charge in [-0.2, -0.15) is 0 Å². The number of thiazole rings is 1. The summed E-state index contributed by atoms with van der Waals surface area (Å²) in [6, 6.07) is 0. The molecule has 0 radical (unpaired) electrons. The molecule has 0 atom stereocenters. The van der Waals surface area contributed by atoms with Gasteiger partial charge in [0.25, 0.3) is 0 Å². The van der Waals surface area contributed by atoms with Crippen LogP contribution in [0.5, 0.6) is 0 Å². The van der Waals surface area contributed by atoms with Gasteiger partial charge in [0.2, 0.25) is 5.91 Å². The normalized spacial score (nSPS) is 16.8. The molecule has 1 aliphatic heterocycles. The van der Waals surface area contributed by atoms with Crippen LogP contribution in [0.15, 0.2) is 35.2 Å². The van der Waals surface area contributed by atoms with Crippen molar-refractivity contribution in [3.8, 4) is 0 Å². The molecule has 1 fully saturated rings. The Labute approximate surface area is 158 Å². The third-order valence-electron chi connectivity index (χ3n) is 3.94. The van der Waals surface area contributed by atoms with Gasteiger partial charge in [0.15, 0.2) is 5.13 Å². The summed E-state index contributed by atoms with van der Waals surface area (Å²) >= 11 is 7.64. The number of carbonyl (C=O) groups excluding carboxylic acids is 1. The fourth-order valence-corrected chi connectivity index (χ4v) is 3.43. The number of halogens is 1. The van der Waals surface area contributed by atoms with Crippen LogP contribution in [0.3, 0.4) is 0 Å². The molecule has 1 saturated heterocycles. The Kier molecular flexibility index (Phi) is 7.84. The second-order valence-electron chi connectivity index (χ2n) is 5.64. The predicted molar refractivity (Wildman–Crippen MR) is 105 cm³/mol. The smallest absolute Gasteiger partial charge is 0.229 e. The molecular formula is C18H24ClN3O2S. The molecule has 0 spiro atoms. The van der Waals surface area contributed by atoms with Crippen LogP contribution in [0.2, 0.25) is 0 Å². The minimum atomic E-state index is 0.0544. The van der Waals surface area contributed by atoms with Crippen molar-refractivity contribution in [2.75, 3.05) is 44.8 Å². The molecule has 136 valence electrons. The van der Waals surface area contributed by atoms with Crippen LogP contribution in [0.25, 0.3) is 5.57 Å². The van der Waals surface area contributed by atoms with E-state index in [1.54, 1.807) is 18.0 Å². The molecule has 0 aliphatic carbocycles.